The van der Waals surface area contributed by atoms with E-state index in [1.165, 1.54) is 0 Å². The number of imidazole rings is 1. The number of carbonyl (C=O) groups excluding carboxylic acids is 2. The highest BCUT2D eigenvalue weighted by Gasteiger charge is 2.28. The van der Waals surface area contributed by atoms with E-state index in [-0.39, 0.29) is 17.8 Å². The summed E-state index contributed by atoms with van der Waals surface area (Å²) in [6.07, 6.45) is 2.81. The van der Waals surface area contributed by atoms with Crippen molar-refractivity contribution in [3.8, 4) is 16.5 Å². The Morgan fingerprint density at radius 1 is 1.27 bits per heavy atom. The number of fused-ring (bicyclic) bond motifs is 1. The van der Waals surface area contributed by atoms with Crippen molar-refractivity contribution in [3.05, 3.63) is 35.2 Å². The summed E-state index contributed by atoms with van der Waals surface area (Å²) in [6.45, 7) is 6.96. The number of aromatic amines is 1. The van der Waals surface area contributed by atoms with Crippen LogP contribution in [-0.4, -0.2) is 52.5 Å². The molecule has 33 heavy (non-hydrogen) atoms. The minimum absolute atomic E-state index is 0.0567. The molecule has 1 aliphatic heterocycles. The first-order valence-electron chi connectivity index (χ1n) is 11.4. The maximum atomic E-state index is 13.2. The summed E-state index contributed by atoms with van der Waals surface area (Å²) in [7, 11) is 1.61. The number of Topliss-reactive ketones (excluding diaryl/α,β-unsaturated/α-hetero) is 1. The van der Waals surface area contributed by atoms with Gasteiger partial charge in [0.1, 0.15) is 28.2 Å². The van der Waals surface area contributed by atoms with Gasteiger partial charge in [-0.15, -0.1) is 11.3 Å². The van der Waals surface area contributed by atoms with Crippen LogP contribution < -0.4 is 4.74 Å². The maximum absolute atomic E-state index is 13.2. The number of methoxy groups -OCH3 is 1. The molecule has 4 rings (SSSR count). The van der Waals surface area contributed by atoms with Crippen LogP contribution >= 0.6 is 11.3 Å². The fourth-order valence-corrected chi connectivity index (χ4v) is 4.92. The van der Waals surface area contributed by atoms with E-state index < -0.39 is 5.60 Å². The molecular weight excluding hydrogens is 438 g/mol. The first kappa shape index (κ1) is 23.3. The summed E-state index contributed by atoms with van der Waals surface area (Å²) in [5.74, 6) is 1.74. The van der Waals surface area contributed by atoms with Crippen molar-refractivity contribution < 1.29 is 19.1 Å². The van der Waals surface area contributed by atoms with Crippen molar-refractivity contribution in [2.75, 3.05) is 20.2 Å². The topological polar surface area (TPSA) is 84.5 Å². The number of ether oxygens (including phenoxy) is 2. The smallest absolute Gasteiger partial charge is 0.410 e. The number of carbonyl (C=O) groups is 2. The molecule has 2 aromatic heterocycles. The number of nitrogens with zero attached hydrogens (tertiary/aromatic N) is 2. The van der Waals surface area contributed by atoms with Crippen LogP contribution in [0.3, 0.4) is 0 Å². The molecule has 1 fully saturated rings. The van der Waals surface area contributed by atoms with Gasteiger partial charge in [-0.3, -0.25) is 4.79 Å². The second-order valence-corrected chi connectivity index (χ2v) is 10.4. The summed E-state index contributed by atoms with van der Waals surface area (Å²) in [4.78, 5) is 36.5. The van der Waals surface area contributed by atoms with E-state index in [1.807, 2.05) is 44.4 Å². The molecule has 1 aliphatic rings. The molecule has 7 nitrogen and oxygen atoms in total. The predicted molar refractivity (Wildman–Crippen MR) is 130 cm³/mol. The van der Waals surface area contributed by atoms with Crippen molar-refractivity contribution in [2.45, 2.75) is 52.1 Å². The SMILES string of the molecule is COc1ccc(C(=O)CCC2CCCN(C(=O)OC(C)(C)C)C2)c2nc(-c3cccs3)[nH]c12. The first-order valence-corrected chi connectivity index (χ1v) is 12.2. The molecule has 0 radical (unpaired) electrons. The summed E-state index contributed by atoms with van der Waals surface area (Å²) < 4.78 is 11.0. The summed E-state index contributed by atoms with van der Waals surface area (Å²) in [6, 6.07) is 7.59. The Hall–Kier alpha value is -2.87. The van der Waals surface area contributed by atoms with Gasteiger partial charge in [0.2, 0.25) is 0 Å². The lowest BCUT2D eigenvalue weighted by atomic mass is 9.91. The molecule has 1 saturated heterocycles. The molecular formula is C25H31N3O4S. The molecule has 1 N–H and O–H groups in total. The van der Waals surface area contributed by atoms with Gasteiger partial charge < -0.3 is 19.4 Å². The monoisotopic (exact) mass is 469 g/mol. The average molecular weight is 470 g/mol. The number of H-pyrrole nitrogens is 1. The van der Waals surface area contributed by atoms with Gasteiger partial charge in [-0.1, -0.05) is 6.07 Å². The van der Waals surface area contributed by atoms with E-state index in [0.717, 1.165) is 35.5 Å². The number of hydrogen-bond acceptors (Lipinski definition) is 6. The number of ketones is 1. The van der Waals surface area contributed by atoms with Crippen LogP contribution in [0.4, 0.5) is 4.79 Å². The Kier molecular flexibility index (Phi) is 6.74. The van der Waals surface area contributed by atoms with Crippen molar-refractivity contribution in [1.82, 2.24) is 14.9 Å². The Bertz CT molecular complexity index is 1130. The molecule has 8 heteroatoms. The normalized spacial score (nSPS) is 16.7. The zero-order valence-electron chi connectivity index (χ0n) is 19.6. The van der Waals surface area contributed by atoms with Crippen LogP contribution in [0.2, 0.25) is 0 Å². The fourth-order valence-electron chi connectivity index (χ4n) is 4.26. The lowest BCUT2D eigenvalue weighted by Gasteiger charge is -2.34. The standard InChI is InChI=1S/C25H31N3O4S/c1-25(2,3)32-24(30)28-13-5-7-16(15-28)9-11-18(29)17-10-12-19(31-4)22-21(17)26-23(27-22)20-8-6-14-33-20/h6,8,10,12,14,16H,5,7,9,11,13,15H2,1-4H3,(H,26,27). The van der Waals surface area contributed by atoms with Gasteiger partial charge in [0.05, 0.1) is 12.0 Å². The lowest BCUT2D eigenvalue weighted by molar-refractivity contribution is 0.0162. The van der Waals surface area contributed by atoms with E-state index in [9.17, 15) is 9.59 Å². The molecule has 1 aromatic carbocycles. The number of nitrogens with one attached hydrogen (secondary N) is 1. The van der Waals surface area contributed by atoms with Gasteiger partial charge in [-0.05, 0) is 69.5 Å². The molecule has 3 aromatic rings. The number of piperidine rings is 1. The Labute approximate surface area is 198 Å². The average Bonchev–Trinajstić information content (AvgIpc) is 3.45. The lowest BCUT2D eigenvalue weighted by Crippen LogP contribution is -2.42. The molecule has 3 heterocycles. The summed E-state index contributed by atoms with van der Waals surface area (Å²) in [5, 5.41) is 2.00. The summed E-state index contributed by atoms with van der Waals surface area (Å²) in [5.41, 5.74) is 1.47. The number of likely N-dealkylation sites (tertiary alicyclic amines) is 1. The van der Waals surface area contributed by atoms with Gasteiger partial charge in [0.25, 0.3) is 0 Å². The number of aromatic nitrogens is 2. The molecule has 1 atom stereocenters. The van der Waals surface area contributed by atoms with Gasteiger partial charge in [0, 0.05) is 25.1 Å². The molecule has 1 amide bonds. The van der Waals surface area contributed by atoms with Crippen molar-refractivity contribution in [3.63, 3.8) is 0 Å². The summed E-state index contributed by atoms with van der Waals surface area (Å²) >= 11 is 1.59. The molecule has 0 spiro atoms. The van der Waals surface area contributed by atoms with Crippen molar-refractivity contribution in [2.24, 2.45) is 5.92 Å². The largest absolute Gasteiger partial charge is 0.494 e. The van der Waals surface area contributed by atoms with Crippen LogP contribution in [0.25, 0.3) is 21.7 Å². The number of hydrogen-bond donors (Lipinski definition) is 1. The Balaban J connectivity index is 1.46. The highest BCUT2D eigenvalue weighted by molar-refractivity contribution is 7.13. The zero-order valence-corrected chi connectivity index (χ0v) is 20.5. The Morgan fingerprint density at radius 2 is 2.09 bits per heavy atom. The third-order valence-electron chi connectivity index (χ3n) is 5.83. The second kappa shape index (κ2) is 9.55. The van der Waals surface area contributed by atoms with Gasteiger partial charge in [0.15, 0.2) is 5.78 Å². The van der Waals surface area contributed by atoms with E-state index in [4.69, 9.17) is 14.5 Å². The molecule has 176 valence electrons. The minimum atomic E-state index is -0.509. The highest BCUT2D eigenvalue weighted by atomic mass is 32.1. The van der Waals surface area contributed by atoms with Crippen LogP contribution in [0.15, 0.2) is 29.6 Å². The van der Waals surface area contributed by atoms with Gasteiger partial charge in [-0.2, -0.15) is 0 Å². The quantitative estimate of drug-likeness (QED) is 0.454. The number of rotatable bonds is 6. The molecule has 0 aliphatic carbocycles. The van der Waals surface area contributed by atoms with Gasteiger partial charge in [-0.25, -0.2) is 9.78 Å². The molecule has 0 saturated carbocycles. The Morgan fingerprint density at radius 3 is 2.79 bits per heavy atom. The van der Waals surface area contributed by atoms with E-state index in [2.05, 4.69) is 4.98 Å². The highest BCUT2D eigenvalue weighted by Crippen LogP contribution is 2.32. The van der Waals surface area contributed by atoms with Crippen molar-refractivity contribution in [1.29, 1.82) is 0 Å². The number of benzene rings is 1. The molecule has 1 unspecified atom stereocenters. The van der Waals surface area contributed by atoms with Gasteiger partial charge >= 0.3 is 6.09 Å². The number of amides is 1. The predicted octanol–water partition coefficient (Wildman–Crippen LogP) is 5.91. The van der Waals surface area contributed by atoms with Crippen LogP contribution in [-0.2, 0) is 4.74 Å². The van der Waals surface area contributed by atoms with Crippen LogP contribution in [0.5, 0.6) is 5.75 Å². The minimum Gasteiger partial charge on any atom is -0.494 e. The van der Waals surface area contributed by atoms with E-state index in [1.54, 1.807) is 29.4 Å². The zero-order chi connectivity index (χ0) is 23.6. The fraction of sp³-hybridized carbons (Fsp3) is 0.480. The van der Waals surface area contributed by atoms with Crippen LogP contribution in [0.1, 0.15) is 56.8 Å². The maximum Gasteiger partial charge on any atom is 0.410 e. The molecule has 0 bridgehead atoms. The van der Waals surface area contributed by atoms with Crippen molar-refractivity contribution >= 4 is 34.2 Å². The van der Waals surface area contributed by atoms with Crippen LogP contribution in [0, 0.1) is 5.92 Å². The van der Waals surface area contributed by atoms with E-state index >= 15 is 0 Å². The first-order chi connectivity index (χ1) is 15.7. The number of thiophene rings is 1. The van der Waals surface area contributed by atoms with E-state index in [0.29, 0.717) is 36.3 Å². The second-order valence-electron chi connectivity index (χ2n) is 9.50. The third kappa shape index (κ3) is 5.38. The third-order valence-corrected chi connectivity index (χ3v) is 6.71.